The van der Waals surface area contributed by atoms with Gasteiger partial charge in [0.05, 0.1) is 0 Å². The fourth-order valence-electron chi connectivity index (χ4n) is 1.82. The second-order valence-corrected chi connectivity index (χ2v) is 5.13. The predicted octanol–water partition coefficient (Wildman–Crippen LogP) is 4.18. The molecule has 2 nitrogen and oxygen atoms in total. The summed E-state index contributed by atoms with van der Waals surface area (Å²) in [6.45, 7) is 2.09. The van der Waals surface area contributed by atoms with Crippen LogP contribution in [0.25, 0.3) is 21.1 Å². The molecule has 0 bridgehead atoms. The SMILES string of the molecule is Cc1cccc(-c2nnc(-c3ccccc3)s2)c1. The quantitative estimate of drug-likeness (QED) is 0.683. The third kappa shape index (κ3) is 2.17. The summed E-state index contributed by atoms with van der Waals surface area (Å²) < 4.78 is 0. The van der Waals surface area contributed by atoms with E-state index in [0.717, 1.165) is 21.1 Å². The molecule has 3 aromatic rings. The normalized spacial score (nSPS) is 10.5. The van der Waals surface area contributed by atoms with E-state index in [4.69, 9.17) is 0 Å². The summed E-state index contributed by atoms with van der Waals surface area (Å²) in [4.78, 5) is 0. The molecule has 0 unspecified atom stereocenters. The average molecular weight is 252 g/mol. The van der Waals surface area contributed by atoms with Crippen LogP contribution in [0.15, 0.2) is 54.6 Å². The first-order valence-corrected chi connectivity index (χ1v) is 6.60. The second-order valence-electron chi connectivity index (χ2n) is 4.15. The molecule has 3 rings (SSSR count). The number of nitrogens with zero attached hydrogens (tertiary/aromatic N) is 2. The third-order valence-electron chi connectivity index (χ3n) is 2.71. The highest BCUT2D eigenvalue weighted by molar-refractivity contribution is 7.17. The molecular weight excluding hydrogens is 240 g/mol. The van der Waals surface area contributed by atoms with Crippen LogP contribution in [0.4, 0.5) is 0 Å². The zero-order chi connectivity index (χ0) is 12.4. The van der Waals surface area contributed by atoms with Gasteiger partial charge < -0.3 is 0 Å². The van der Waals surface area contributed by atoms with E-state index in [0.29, 0.717) is 0 Å². The fraction of sp³-hybridized carbons (Fsp3) is 0.0667. The number of hydrogen-bond donors (Lipinski definition) is 0. The zero-order valence-corrected chi connectivity index (χ0v) is 10.8. The molecule has 0 radical (unpaired) electrons. The van der Waals surface area contributed by atoms with E-state index in [9.17, 15) is 0 Å². The van der Waals surface area contributed by atoms with Gasteiger partial charge in [-0.3, -0.25) is 0 Å². The number of benzene rings is 2. The molecule has 0 atom stereocenters. The lowest BCUT2D eigenvalue weighted by molar-refractivity contribution is 1.10. The second kappa shape index (κ2) is 4.70. The first-order chi connectivity index (χ1) is 8.83. The highest BCUT2D eigenvalue weighted by Gasteiger charge is 2.07. The topological polar surface area (TPSA) is 25.8 Å². The minimum absolute atomic E-state index is 0.965. The van der Waals surface area contributed by atoms with Crippen LogP contribution >= 0.6 is 11.3 Å². The summed E-state index contributed by atoms with van der Waals surface area (Å²) in [6.07, 6.45) is 0. The van der Waals surface area contributed by atoms with Crippen molar-refractivity contribution in [3.05, 3.63) is 60.2 Å². The Kier molecular flexibility index (Phi) is 2.90. The standard InChI is InChI=1S/C15H12N2S/c1-11-6-5-9-13(10-11)15-17-16-14(18-15)12-7-3-2-4-8-12/h2-10H,1H3. The molecule has 88 valence electrons. The van der Waals surface area contributed by atoms with Gasteiger partial charge in [-0.25, -0.2) is 0 Å². The van der Waals surface area contributed by atoms with Gasteiger partial charge in [0.2, 0.25) is 0 Å². The number of aryl methyl sites for hydroxylation is 1. The summed E-state index contributed by atoms with van der Waals surface area (Å²) >= 11 is 1.63. The average Bonchev–Trinajstić information content (AvgIpc) is 2.89. The lowest BCUT2D eigenvalue weighted by Gasteiger charge is -1.96. The maximum absolute atomic E-state index is 4.27. The molecule has 0 saturated carbocycles. The van der Waals surface area contributed by atoms with Gasteiger partial charge in [0.1, 0.15) is 10.0 Å². The summed E-state index contributed by atoms with van der Waals surface area (Å²) in [6, 6.07) is 18.5. The van der Waals surface area contributed by atoms with Crippen molar-refractivity contribution in [2.24, 2.45) is 0 Å². The Balaban J connectivity index is 2.00. The van der Waals surface area contributed by atoms with E-state index in [1.54, 1.807) is 11.3 Å². The van der Waals surface area contributed by atoms with Crippen LogP contribution in [0.1, 0.15) is 5.56 Å². The zero-order valence-electron chi connectivity index (χ0n) is 10.00. The number of hydrogen-bond acceptors (Lipinski definition) is 3. The minimum Gasteiger partial charge on any atom is -0.138 e. The van der Waals surface area contributed by atoms with E-state index in [2.05, 4.69) is 47.5 Å². The number of rotatable bonds is 2. The van der Waals surface area contributed by atoms with Crippen LogP contribution in [0.5, 0.6) is 0 Å². The maximum Gasteiger partial charge on any atom is 0.148 e. The van der Waals surface area contributed by atoms with Crippen LogP contribution in [-0.2, 0) is 0 Å². The van der Waals surface area contributed by atoms with Crippen LogP contribution in [0, 0.1) is 6.92 Å². The summed E-state index contributed by atoms with van der Waals surface area (Å²) in [5, 5.41) is 10.5. The molecule has 0 aliphatic heterocycles. The van der Waals surface area contributed by atoms with E-state index in [-0.39, 0.29) is 0 Å². The summed E-state index contributed by atoms with van der Waals surface area (Å²) in [5.41, 5.74) is 3.49. The van der Waals surface area contributed by atoms with E-state index in [1.807, 2.05) is 24.3 Å². The maximum atomic E-state index is 4.27. The smallest absolute Gasteiger partial charge is 0.138 e. The Bertz CT molecular complexity index is 659. The van der Waals surface area contributed by atoms with Crippen LogP contribution in [0.3, 0.4) is 0 Å². The van der Waals surface area contributed by atoms with Gasteiger partial charge in [-0.05, 0) is 13.0 Å². The Morgan fingerprint density at radius 3 is 2.17 bits per heavy atom. The Hall–Kier alpha value is -2.00. The highest BCUT2D eigenvalue weighted by Crippen LogP contribution is 2.29. The van der Waals surface area contributed by atoms with Crippen molar-refractivity contribution in [2.45, 2.75) is 6.92 Å². The van der Waals surface area contributed by atoms with Crippen LogP contribution < -0.4 is 0 Å². The molecule has 0 N–H and O–H groups in total. The van der Waals surface area contributed by atoms with E-state index >= 15 is 0 Å². The van der Waals surface area contributed by atoms with Gasteiger partial charge in [-0.15, -0.1) is 10.2 Å². The molecule has 3 heteroatoms. The van der Waals surface area contributed by atoms with Crippen molar-refractivity contribution >= 4 is 11.3 Å². The molecule has 18 heavy (non-hydrogen) atoms. The molecule has 0 fully saturated rings. The molecule has 2 aromatic carbocycles. The van der Waals surface area contributed by atoms with E-state index in [1.165, 1.54) is 5.56 Å². The Labute approximate surface area is 110 Å². The molecule has 1 aromatic heterocycles. The molecule has 0 aliphatic carbocycles. The van der Waals surface area contributed by atoms with Gasteiger partial charge >= 0.3 is 0 Å². The summed E-state index contributed by atoms with van der Waals surface area (Å²) in [7, 11) is 0. The fourth-order valence-corrected chi connectivity index (χ4v) is 2.66. The highest BCUT2D eigenvalue weighted by atomic mass is 32.1. The molecular formula is C15H12N2S. The van der Waals surface area contributed by atoms with Crippen molar-refractivity contribution in [2.75, 3.05) is 0 Å². The van der Waals surface area contributed by atoms with Crippen LogP contribution in [-0.4, -0.2) is 10.2 Å². The van der Waals surface area contributed by atoms with Gasteiger partial charge in [0.15, 0.2) is 0 Å². The van der Waals surface area contributed by atoms with Crippen molar-refractivity contribution in [3.63, 3.8) is 0 Å². The molecule has 0 saturated heterocycles. The third-order valence-corrected chi connectivity index (χ3v) is 3.73. The largest absolute Gasteiger partial charge is 0.148 e. The van der Waals surface area contributed by atoms with Gasteiger partial charge in [0.25, 0.3) is 0 Å². The van der Waals surface area contributed by atoms with Crippen molar-refractivity contribution in [1.29, 1.82) is 0 Å². The van der Waals surface area contributed by atoms with E-state index < -0.39 is 0 Å². The summed E-state index contributed by atoms with van der Waals surface area (Å²) in [5.74, 6) is 0. The van der Waals surface area contributed by atoms with Crippen molar-refractivity contribution < 1.29 is 0 Å². The van der Waals surface area contributed by atoms with Gasteiger partial charge in [0, 0.05) is 11.1 Å². The lowest BCUT2D eigenvalue weighted by Crippen LogP contribution is -1.78. The van der Waals surface area contributed by atoms with Crippen LogP contribution in [0.2, 0.25) is 0 Å². The Morgan fingerprint density at radius 1 is 0.778 bits per heavy atom. The molecule has 0 aliphatic rings. The molecule has 0 spiro atoms. The van der Waals surface area contributed by atoms with Gasteiger partial charge in [-0.1, -0.05) is 65.4 Å². The predicted molar refractivity (Wildman–Crippen MR) is 75.5 cm³/mol. The first-order valence-electron chi connectivity index (χ1n) is 5.79. The first kappa shape index (κ1) is 11.1. The lowest BCUT2D eigenvalue weighted by atomic mass is 10.1. The monoisotopic (exact) mass is 252 g/mol. The van der Waals surface area contributed by atoms with Gasteiger partial charge in [-0.2, -0.15) is 0 Å². The molecule has 0 amide bonds. The minimum atomic E-state index is 0.965. The van der Waals surface area contributed by atoms with Crippen molar-refractivity contribution in [1.82, 2.24) is 10.2 Å². The Morgan fingerprint density at radius 2 is 1.44 bits per heavy atom. The van der Waals surface area contributed by atoms with Crippen molar-refractivity contribution in [3.8, 4) is 21.1 Å². The number of aromatic nitrogens is 2. The molecule has 1 heterocycles.